The summed E-state index contributed by atoms with van der Waals surface area (Å²) in [6, 6.07) is 12.8. The monoisotopic (exact) mass is 469 g/mol. The molecule has 2 amide bonds. The van der Waals surface area contributed by atoms with Crippen molar-refractivity contribution >= 4 is 23.5 Å². The summed E-state index contributed by atoms with van der Waals surface area (Å²) in [5.41, 5.74) is 0.650. The number of ether oxygens (including phenoxy) is 2. The molecule has 2 aromatic rings. The van der Waals surface area contributed by atoms with Crippen LogP contribution in [0, 0.1) is 23.1 Å². The van der Waals surface area contributed by atoms with Crippen molar-refractivity contribution in [1.29, 1.82) is 5.26 Å². The van der Waals surface area contributed by atoms with Crippen LogP contribution in [0.1, 0.15) is 37.6 Å². The van der Waals surface area contributed by atoms with E-state index >= 15 is 0 Å². The number of amides is 2. The Balaban J connectivity index is 2.08. The normalized spacial score (nSPS) is 11.3. The zero-order valence-corrected chi connectivity index (χ0v) is 19.4. The molecule has 8 nitrogen and oxygen atoms in total. The number of hydrogen-bond acceptors (Lipinski definition) is 6. The molecule has 0 fully saturated rings. The quantitative estimate of drug-likeness (QED) is 0.505. The van der Waals surface area contributed by atoms with Crippen LogP contribution >= 0.6 is 0 Å². The number of hydrogen-bond donors (Lipinski definition) is 1. The van der Waals surface area contributed by atoms with E-state index in [4.69, 9.17) is 14.7 Å². The van der Waals surface area contributed by atoms with Crippen LogP contribution in [-0.2, 0) is 14.3 Å². The maximum absolute atomic E-state index is 13.2. The summed E-state index contributed by atoms with van der Waals surface area (Å²) in [4.78, 5) is 39.5. The number of carbonyl (C=O) groups excluding carboxylic acids is 3. The van der Waals surface area contributed by atoms with Crippen LogP contribution in [0.4, 0.5) is 10.1 Å². The molecule has 0 bridgehead atoms. The SMILES string of the molecule is CCOc1ccccc1C(=O)N[C@H](C(=O)OCC(=O)N(CCC#N)c1ccc(F)cc1)C(C)C. The largest absolute Gasteiger partial charge is 0.493 e. The molecular formula is C25H28FN3O5. The Morgan fingerprint density at radius 2 is 1.79 bits per heavy atom. The molecule has 0 radical (unpaired) electrons. The summed E-state index contributed by atoms with van der Waals surface area (Å²) >= 11 is 0. The first-order valence-corrected chi connectivity index (χ1v) is 10.9. The fourth-order valence-corrected chi connectivity index (χ4v) is 3.13. The van der Waals surface area contributed by atoms with Crippen LogP contribution < -0.4 is 15.0 Å². The molecule has 0 unspecified atom stereocenters. The minimum atomic E-state index is -1.01. The summed E-state index contributed by atoms with van der Waals surface area (Å²) < 4.78 is 23.9. The molecule has 0 aliphatic rings. The van der Waals surface area contributed by atoms with Crippen LogP contribution in [0.2, 0.25) is 0 Å². The van der Waals surface area contributed by atoms with Crippen molar-refractivity contribution in [2.75, 3.05) is 24.7 Å². The Morgan fingerprint density at radius 1 is 1.12 bits per heavy atom. The average Bonchev–Trinajstić information content (AvgIpc) is 2.82. The number of halogens is 1. The highest BCUT2D eigenvalue weighted by atomic mass is 19.1. The predicted molar refractivity (Wildman–Crippen MR) is 124 cm³/mol. The van der Waals surface area contributed by atoms with Gasteiger partial charge in [0.25, 0.3) is 11.8 Å². The van der Waals surface area contributed by atoms with E-state index in [1.54, 1.807) is 45.0 Å². The molecular weight excluding hydrogens is 441 g/mol. The lowest BCUT2D eigenvalue weighted by atomic mass is 10.0. The van der Waals surface area contributed by atoms with Crippen molar-refractivity contribution in [3.8, 4) is 11.8 Å². The Kier molecular flexibility index (Phi) is 10.0. The van der Waals surface area contributed by atoms with Gasteiger partial charge in [-0.25, -0.2) is 9.18 Å². The Morgan fingerprint density at radius 3 is 2.41 bits per heavy atom. The van der Waals surface area contributed by atoms with Crippen LogP contribution in [0.3, 0.4) is 0 Å². The molecule has 2 aromatic carbocycles. The van der Waals surface area contributed by atoms with Crippen LogP contribution in [0.15, 0.2) is 48.5 Å². The highest BCUT2D eigenvalue weighted by Gasteiger charge is 2.28. The van der Waals surface area contributed by atoms with E-state index in [-0.39, 0.29) is 24.4 Å². The van der Waals surface area contributed by atoms with Gasteiger partial charge in [-0.15, -0.1) is 0 Å². The molecule has 0 spiro atoms. The summed E-state index contributed by atoms with van der Waals surface area (Å²) in [6.07, 6.45) is 0.0426. The summed E-state index contributed by atoms with van der Waals surface area (Å²) in [7, 11) is 0. The van der Waals surface area contributed by atoms with Crippen molar-refractivity contribution in [3.05, 3.63) is 59.9 Å². The van der Waals surface area contributed by atoms with Gasteiger partial charge in [-0.05, 0) is 49.2 Å². The van der Waals surface area contributed by atoms with Crippen LogP contribution in [0.5, 0.6) is 5.75 Å². The van der Waals surface area contributed by atoms with Crippen molar-refractivity contribution in [1.82, 2.24) is 5.32 Å². The van der Waals surface area contributed by atoms with Crippen molar-refractivity contribution < 1.29 is 28.2 Å². The third-order valence-electron chi connectivity index (χ3n) is 4.86. The van der Waals surface area contributed by atoms with Crippen molar-refractivity contribution in [3.63, 3.8) is 0 Å². The maximum atomic E-state index is 13.2. The lowest BCUT2D eigenvalue weighted by molar-refractivity contribution is -0.150. The minimum Gasteiger partial charge on any atom is -0.493 e. The number of nitrogens with one attached hydrogen (secondary N) is 1. The van der Waals surface area contributed by atoms with Crippen LogP contribution in [-0.4, -0.2) is 43.6 Å². The third kappa shape index (κ3) is 7.30. The van der Waals surface area contributed by atoms with Gasteiger partial charge in [0.05, 0.1) is 24.7 Å². The van der Waals surface area contributed by atoms with E-state index in [0.29, 0.717) is 18.0 Å². The second-order valence-corrected chi connectivity index (χ2v) is 7.66. The fraction of sp³-hybridized carbons (Fsp3) is 0.360. The number of nitriles is 1. The molecule has 0 aromatic heterocycles. The van der Waals surface area contributed by atoms with Gasteiger partial charge in [0.15, 0.2) is 6.61 Å². The standard InChI is InChI=1S/C25H28FN3O5/c1-4-33-21-9-6-5-8-20(21)24(31)28-23(17(2)3)25(32)34-16-22(30)29(15-7-14-27)19-12-10-18(26)11-13-19/h5-6,8-13,17,23H,4,7,15-16H2,1-3H3,(H,28,31)/t23-/m0/s1. The molecule has 0 heterocycles. The number of benzene rings is 2. The Hall–Kier alpha value is -3.93. The highest BCUT2D eigenvalue weighted by Crippen LogP contribution is 2.19. The Bertz CT molecular complexity index is 1030. The number of nitrogens with zero attached hydrogens (tertiary/aromatic N) is 2. The molecule has 180 valence electrons. The van der Waals surface area contributed by atoms with E-state index in [1.807, 2.05) is 6.07 Å². The smallest absolute Gasteiger partial charge is 0.329 e. The Labute approximate surface area is 198 Å². The van der Waals surface area contributed by atoms with Gasteiger partial charge in [0, 0.05) is 12.2 Å². The number of carbonyl (C=O) groups is 3. The molecule has 2 rings (SSSR count). The van der Waals surface area contributed by atoms with Crippen molar-refractivity contribution in [2.24, 2.45) is 5.92 Å². The van der Waals surface area contributed by atoms with Gasteiger partial charge in [-0.3, -0.25) is 9.59 Å². The maximum Gasteiger partial charge on any atom is 0.329 e. The van der Waals surface area contributed by atoms with E-state index in [0.717, 1.165) is 0 Å². The molecule has 1 atom stereocenters. The zero-order chi connectivity index (χ0) is 25.1. The number of para-hydroxylation sites is 1. The number of anilines is 1. The van der Waals surface area contributed by atoms with E-state index in [1.165, 1.54) is 29.2 Å². The molecule has 1 N–H and O–H groups in total. The number of rotatable bonds is 11. The molecule has 0 aliphatic heterocycles. The van der Waals surface area contributed by atoms with Gasteiger partial charge in [-0.2, -0.15) is 5.26 Å². The fourth-order valence-electron chi connectivity index (χ4n) is 3.13. The highest BCUT2D eigenvalue weighted by molar-refractivity contribution is 5.99. The van der Waals surface area contributed by atoms with E-state index in [9.17, 15) is 18.8 Å². The third-order valence-corrected chi connectivity index (χ3v) is 4.86. The molecule has 0 aliphatic carbocycles. The molecule has 34 heavy (non-hydrogen) atoms. The van der Waals surface area contributed by atoms with Crippen LogP contribution in [0.25, 0.3) is 0 Å². The lowest BCUT2D eigenvalue weighted by Gasteiger charge is -2.24. The summed E-state index contributed by atoms with van der Waals surface area (Å²) in [5, 5.41) is 11.5. The second kappa shape index (κ2) is 12.9. The first kappa shape index (κ1) is 26.3. The molecule has 0 saturated heterocycles. The van der Waals surface area contributed by atoms with Gasteiger partial charge in [0.2, 0.25) is 0 Å². The van der Waals surface area contributed by atoms with Gasteiger partial charge in [-0.1, -0.05) is 26.0 Å². The first-order valence-electron chi connectivity index (χ1n) is 10.9. The summed E-state index contributed by atoms with van der Waals surface area (Å²) in [6.45, 7) is 5.10. The summed E-state index contributed by atoms with van der Waals surface area (Å²) in [5.74, 6) is -2.26. The average molecular weight is 470 g/mol. The zero-order valence-electron chi connectivity index (χ0n) is 19.4. The molecule has 0 saturated carbocycles. The van der Waals surface area contributed by atoms with Gasteiger partial charge in [0.1, 0.15) is 17.6 Å². The topological polar surface area (TPSA) is 109 Å². The minimum absolute atomic E-state index is 0.0426. The predicted octanol–water partition coefficient (Wildman–Crippen LogP) is 3.47. The second-order valence-electron chi connectivity index (χ2n) is 7.66. The molecule has 9 heteroatoms. The van der Waals surface area contributed by atoms with Crippen molar-refractivity contribution in [2.45, 2.75) is 33.2 Å². The first-order chi connectivity index (χ1) is 16.3. The van der Waals surface area contributed by atoms with E-state index in [2.05, 4.69) is 5.32 Å². The van der Waals surface area contributed by atoms with Gasteiger partial charge < -0.3 is 19.7 Å². The van der Waals surface area contributed by atoms with Gasteiger partial charge >= 0.3 is 5.97 Å². The number of esters is 1. The lowest BCUT2D eigenvalue weighted by Crippen LogP contribution is -2.46. The van der Waals surface area contributed by atoms with E-state index < -0.39 is 36.2 Å².